The van der Waals surface area contributed by atoms with Gasteiger partial charge in [0.25, 0.3) is 0 Å². The molecular weight excluding hydrogens is 446 g/mol. The average molecular weight is 478 g/mol. The zero-order chi connectivity index (χ0) is 23.2. The van der Waals surface area contributed by atoms with E-state index in [1.807, 2.05) is 66.7 Å². The summed E-state index contributed by atoms with van der Waals surface area (Å²) in [6.45, 7) is 4.92. The van der Waals surface area contributed by atoms with Crippen molar-refractivity contribution in [2.75, 3.05) is 5.32 Å². The Balaban J connectivity index is 0.00000324. The van der Waals surface area contributed by atoms with E-state index in [1.165, 1.54) is 16.7 Å². The number of anilines is 1. The van der Waals surface area contributed by atoms with Crippen molar-refractivity contribution < 1.29 is 9.59 Å². The van der Waals surface area contributed by atoms with Crippen molar-refractivity contribution in [3.8, 4) is 0 Å². The molecule has 2 amide bonds. The number of halogens is 1. The quantitative estimate of drug-likeness (QED) is 0.465. The molecule has 2 unspecified atom stereocenters. The smallest absolute Gasteiger partial charge is 0.247 e. The number of carbonyl (C=O) groups excluding carboxylic acids is 2. The van der Waals surface area contributed by atoms with Crippen LogP contribution in [0.1, 0.15) is 42.0 Å². The zero-order valence-corrected chi connectivity index (χ0v) is 20.4. The van der Waals surface area contributed by atoms with E-state index in [0.29, 0.717) is 25.3 Å². The van der Waals surface area contributed by atoms with Gasteiger partial charge < -0.3 is 16.0 Å². The van der Waals surface area contributed by atoms with Gasteiger partial charge in [0, 0.05) is 18.7 Å². The predicted molar refractivity (Wildman–Crippen MR) is 139 cm³/mol. The van der Waals surface area contributed by atoms with E-state index in [1.54, 1.807) is 0 Å². The minimum Gasteiger partial charge on any atom is -0.343 e. The maximum atomic E-state index is 13.2. The summed E-state index contributed by atoms with van der Waals surface area (Å²) in [7, 11) is 0. The van der Waals surface area contributed by atoms with Crippen LogP contribution >= 0.6 is 12.4 Å². The molecule has 4 rings (SSSR count). The second-order valence-electron chi connectivity index (χ2n) is 8.92. The van der Waals surface area contributed by atoms with Crippen LogP contribution in [0.2, 0.25) is 0 Å². The monoisotopic (exact) mass is 477 g/mol. The van der Waals surface area contributed by atoms with E-state index in [0.717, 1.165) is 11.3 Å². The maximum Gasteiger partial charge on any atom is 0.247 e. The molecule has 5 nitrogen and oxygen atoms in total. The van der Waals surface area contributed by atoms with Crippen LogP contribution in [0, 0.1) is 0 Å². The standard InChI is InChI=1S/C28H31N3O2.ClH/c1-19(2)21-12-14-24(15-13-21)30-28(33)26(16-20-8-4-3-5-9-20)31-27(32)25-17-22-10-6-7-11-23(22)18-29-25;/h3-15,19,25-26,29H,16-18H2,1-2H3,(H,30,33)(H,31,32);1H. The van der Waals surface area contributed by atoms with Crippen molar-refractivity contribution in [3.05, 3.63) is 101 Å². The molecule has 1 aliphatic rings. The van der Waals surface area contributed by atoms with E-state index in [2.05, 4.69) is 41.9 Å². The van der Waals surface area contributed by atoms with E-state index in [9.17, 15) is 9.59 Å². The second-order valence-corrected chi connectivity index (χ2v) is 8.92. The molecule has 6 heteroatoms. The predicted octanol–water partition coefficient (Wildman–Crippen LogP) is 4.61. The molecule has 0 spiro atoms. The maximum absolute atomic E-state index is 13.2. The third-order valence-electron chi connectivity index (χ3n) is 6.16. The number of hydrogen-bond donors (Lipinski definition) is 3. The Morgan fingerprint density at radius 1 is 0.912 bits per heavy atom. The lowest BCUT2D eigenvalue weighted by Gasteiger charge is -2.27. The first-order chi connectivity index (χ1) is 16.0. The fraction of sp³-hybridized carbons (Fsp3) is 0.286. The van der Waals surface area contributed by atoms with Gasteiger partial charge in [-0.05, 0) is 46.7 Å². The Bertz CT molecular complexity index is 1100. The van der Waals surface area contributed by atoms with Gasteiger partial charge in [0.15, 0.2) is 0 Å². The summed E-state index contributed by atoms with van der Waals surface area (Å²) < 4.78 is 0. The molecule has 0 saturated heterocycles. The Morgan fingerprint density at radius 3 is 2.24 bits per heavy atom. The van der Waals surface area contributed by atoms with Gasteiger partial charge in [-0.3, -0.25) is 9.59 Å². The molecule has 0 aliphatic carbocycles. The van der Waals surface area contributed by atoms with Crippen molar-refractivity contribution in [2.24, 2.45) is 0 Å². The third kappa shape index (κ3) is 6.46. The van der Waals surface area contributed by atoms with Crippen molar-refractivity contribution in [3.63, 3.8) is 0 Å². The molecule has 178 valence electrons. The molecule has 0 saturated carbocycles. The number of hydrogen-bond acceptors (Lipinski definition) is 3. The molecule has 0 radical (unpaired) electrons. The largest absolute Gasteiger partial charge is 0.343 e. The Hall–Kier alpha value is -3.15. The summed E-state index contributed by atoms with van der Waals surface area (Å²) >= 11 is 0. The Labute approximate surface area is 207 Å². The van der Waals surface area contributed by atoms with Crippen LogP contribution in [0.3, 0.4) is 0 Å². The van der Waals surface area contributed by atoms with Crippen LogP contribution in [0.15, 0.2) is 78.9 Å². The molecule has 3 aromatic rings. The van der Waals surface area contributed by atoms with Gasteiger partial charge in [-0.1, -0.05) is 80.6 Å². The van der Waals surface area contributed by atoms with Crippen molar-refractivity contribution >= 4 is 29.9 Å². The minimum absolute atomic E-state index is 0. The van der Waals surface area contributed by atoms with E-state index < -0.39 is 6.04 Å². The summed E-state index contributed by atoms with van der Waals surface area (Å²) in [4.78, 5) is 26.3. The van der Waals surface area contributed by atoms with Crippen molar-refractivity contribution in [1.82, 2.24) is 10.6 Å². The van der Waals surface area contributed by atoms with Gasteiger partial charge in [-0.15, -0.1) is 12.4 Å². The van der Waals surface area contributed by atoms with E-state index in [-0.39, 0.29) is 30.3 Å². The fourth-order valence-corrected chi connectivity index (χ4v) is 4.15. The lowest BCUT2D eigenvalue weighted by molar-refractivity contribution is -0.128. The molecule has 1 aliphatic heterocycles. The Morgan fingerprint density at radius 2 is 1.56 bits per heavy atom. The van der Waals surface area contributed by atoms with Gasteiger partial charge in [0.2, 0.25) is 11.8 Å². The molecular formula is C28H32ClN3O2. The zero-order valence-electron chi connectivity index (χ0n) is 19.6. The highest BCUT2D eigenvalue weighted by molar-refractivity contribution is 5.98. The van der Waals surface area contributed by atoms with Gasteiger partial charge >= 0.3 is 0 Å². The number of fused-ring (bicyclic) bond motifs is 1. The fourth-order valence-electron chi connectivity index (χ4n) is 4.15. The summed E-state index contributed by atoms with van der Waals surface area (Å²) in [5.74, 6) is 0.0458. The number of rotatable bonds is 7. The molecule has 2 atom stereocenters. The molecule has 3 aromatic carbocycles. The minimum atomic E-state index is -0.677. The van der Waals surface area contributed by atoms with Gasteiger partial charge in [0.1, 0.15) is 6.04 Å². The first-order valence-corrected chi connectivity index (χ1v) is 11.5. The Kier molecular flexibility index (Phi) is 8.85. The second kappa shape index (κ2) is 11.8. The summed E-state index contributed by atoms with van der Waals surface area (Å²) in [6.07, 6.45) is 1.03. The molecule has 3 N–H and O–H groups in total. The lowest BCUT2D eigenvalue weighted by atomic mass is 9.95. The highest BCUT2D eigenvalue weighted by Crippen LogP contribution is 2.19. The lowest BCUT2D eigenvalue weighted by Crippen LogP contribution is -2.53. The van der Waals surface area contributed by atoms with Crippen LogP contribution in [0.4, 0.5) is 5.69 Å². The van der Waals surface area contributed by atoms with Gasteiger partial charge in [-0.2, -0.15) is 0 Å². The van der Waals surface area contributed by atoms with E-state index >= 15 is 0 Å². The van der Waals surface area contributed by atoms with Crippen LogP contribution in [-0.2, 0) is 29.0 Å². The molecule has 1 heterocycles. The van der Waals surface area contributed by atoms with Crippen LogP contribution < -0.4 is 16.0 Å². The molecule has 0 aromatic heterocycles. The third-order valence-corrected chi connectivity index (χ3v) is 6.16. The van der Waals surface area contributed by atoms with Gasteiger partial charge in [0.05, 0.1) is 6.04 Å². The summed E-state index contributed by atoms with van der Waals surface area (Å²) in [6, 6.07) is 24.7. The topological polar surface area (TPSA) is 70.2 Å². The van der Waals surface area contributed by atoms with Gasteiger partial charge in [-0.25, -0.2) is 0 Å². The highest BCUT2D eigenvalue weighted by Gasteiger charge is 2.28. The summed E-state index contributed by atoms with van der Waals surface area (Å²) in [5.41, 5.74) is 5.32. The molecule has 34 heavy (non-hydrogen) atoms. The van der Waals surface area contributed by atoms with E-state index in [4.69, 9.17) is 0 Å². The first-order valence-electron chi connectivity index (χ1n) is 11.5. The number of benzene rings is 3. The SMILES string of the molecule is CC(C)c1ccc(NC(=O)C(Cc2ccccc2)NC(=O)C2Cc3ccccc3CN2)cc1.Cl. The number of amides is 2. The van der Waals surface area contributed by atoms with Crippen LogP contribution in [0.25, 0.3) is 0 Å². The molecule has 0 bridgehead atoms. The average Bonchev–Trinajstić information content (AvgIpc) is 2.84. The normalized spacial score (nSPS) is 15.6. The summed E-state index contributed by atoms with van der Waals surface area (Å²) in [5, 5.41) is 9.29. The highest BCUT2D eigenvalue weighted by atomic mass is 35.5. The van der Waals surface area contributed by atoms with Crippen molar-refractivity contribution in [1.29, 1.82) is 0 Å². The number of nitrogens with one attached hydrogen (secondary N) is 3. The van der Waals surface area contributed by atoms with Crippen molar-refractivity contribution in [2.45, 2.75) is 51.2 Å². The van der Waals surface area contributed by atoms with Crippen LogP contribution in [0.5, 0.6) is 0 Å². The van der Waals surface area contributed by atoms with Crippen LogP contribution in [-0.4, -0.2) is 23.9 Å². The molecule has 0 fully saturated rings. The number of carbonyl (C=O) groups is 2. The first kappa shape index (κ1) is 25.5.